The van der Waals surface area contributed by atoms with Gasteiger partial charge in [0.2, 0.25) is 5.69 Å². The third-order valence-corrected chi connectivity index (χ3v) is 7.61. The van der Waals surface area contributed by atoms with E-state index in [1.807, 2.05) is 20.8 Å². The Kier molecular flexibility index (Phi) is 6.19. The molecule has 2 aromatic carbocycles. The molecular weight excluding hydrogens is 493 g/mol. The van der Waals surface area contributed by atoms with E-state index in [1.165, 1.54) is 41.0 Å². The predicted molar refractivity (Wildman–Crippen MR) is 129 cm³/mol. The van der Waals surface area contributed by atoms with Crippen molar-refractivity contribution in [1.82, 2.24) is 4.90 Å². The fourth-order valence-electron chi connectivity index (χ4n) is 3.89. The van der Waals surface area contributed by atoms with Crippen LogP contribution in [0.4, 0.5) is 10.1 Å². The van der Waals surface area contributed by atoms with E-state index < -0.39 is 27.7 Å². The molecule has 1 aliphatic rings. The molecule has 0 aliphatic carbocycles. The number of rotatable bonds is 5. The van der Waals surface area contributed by atoms with Crippen LogP contribution in [0.3, 0.4) is 0 Å². The van der Waals surface area contributed by atoms with Crippen LogP contribution >= 0.6 is 11.6 Å². The third kappa shape index (κ3) is 4.53. The van der Waals surface area contributed by atoms with Crippen LogP contribution in [0.15, 0.2) is 59.6 Å². The highest BCUT2D eigenvalue weighted by Gasteiger charge is 2.41. The molecule has 0 unspecified atom stereocenters. The maximum atomic E-state index is 14.4. The molecule has 1 aromatic heterocycles. The van der Waals surface area contributed by atoms with Gasteiger partial charge in [-0.15, -0.1) is 0 Å². The van der Waals surface area contributed by atoms with Crippen molar-refractivity contribution in [2.45, 2.75) is 37.6 Å². The summed E-state index contributed by atoms with van der Waals surface area (Å²) in [7, 11) is -2.49. The molecule has 2 heterocycles. The highest BCUT2D eigenvalue weighted by molar-refractivity contribution is 7.92. The van der Waals surface area contributed by atoms with E-state index in [0.717, 1.165) is 10.5 Å². The summed E-state index contributed by atoms with van der Waals surface area (Å²) in [6, 6.07) is 11.8. The summed E-state index contributed by atoms with van der Waals surface area (Å²) in [4.78, 5) is 27.2. The van der Waals surface area contributed by atoms with Crippen molar-refractivity contribution in [2.24, 2.45) is 7.05 Å². The molecule has 2 amide bonds. The first-order chi connectivity index (χ1) is 16.3. The van der Waals surface area contributed by atoms with Crippen LogP contribution in [0.1, 0.15) is 52.7 Å². The quantitative estimate of drug-likeness (QED) is 0.407. The Hall–Kier alpha value is -3.30. The summed E-state index contributed by atoms with van der Waals surface area (Å²) in [5, 5.41) is -0.00348. The average Bonchev–Trinajstić information content (AvgIpc) is 3.03. The fourth-order valence-corrected chi connectivity index (χ4v) is 5.20. The summed E-state index contributed by atoms with van der Waals surface area (Å²) in [5.74, 6) is -2.08. The lowest BCUT2D eigenvalue weighted by Gasteiger charge is -2.19. The van der Waals surface area contributed by atoms with E-state index in [2.05, 4.69) is 4.72 Å². The lowest BCUT2D eigenvalue weighted by atomic mass is 9.87. The summed E-state index contributed by atoms with van der Waals surface area (Å²) >= 11 is 6.22. The number of halogens is 2. The lowest BCUT2D eigenvalue weighted by Crippen LogP contribution is -2.40. The number of amides is 2. The molecule has 1 aliphatic heterocycles. The molecule has 0 saturated carbocycles. The molecule has 7 nitrogen and oxygen atoms in total. The van der Waals surface area contributed by atoms with Gasteiger partial charge >= 0.3 is 0 Å². The summed E-state index contributed by atoms with van der Waals surface area (Å²) in [5.41, 5.74) is 0.539. The molecular formula is C25H24ClFN3O4S+. The Morgan fingerprint density at radius 1 is 1.00 bits per heavy atom. The minimum Gasteiger partial charge on any atom is -0.279 e. The molecule has 182 valence electrons. The monoisotopic (exact) mass is 516 g/mol. The number of nitrogens with zero attached hydrogens (tertiary/aromatic N) is 2. The minimum absolute atomic E-state index is 0.00112. The van der Waals surface area contributed by atoms with Gasteiger partial charge in [-0.3, -0.25) is 19.2 Å². The molecule has 4 rings (SSSR count). The highest BCUT2D eigenvalue weighted by Crippen LogP contribution is 2.36. The number of carbonyl (C=O) groups is 2. The number of fused-ring (bicyclic) bond motifs is 1. The van der Waals surface area contributed by atoms with Crippen LogP contribution in [0.25, 0.3) is 0 Å². The zero-order chi connectivity index (χ0) is 25.7. The Morgan fingerprint density at radius 3 is 2.23 bits per heavy atom. The number of pyridine rings is 1. The molecule has 0 radical (unpaired) electrons. The van der Waals surface area contributed by atoms with Crippen molar-refractivity contribution in [2.75, 3.05) is 4.72 Å². The van der Waals surface area contributed by atoms with Crippen LogP contribution in [0, 0.1) is 5.82 Å². The molecule has 10 heteroatoms. The molecule has 3 aromatic rings. The Balaban J connectivity index is 1.70. The number of hydrogen-bond donors (Lipinski definition) is 1. The van der Waals surface area contributed by atoms with Crippen molar-refractivity contribution in [1.29, 1.82) is 0 Å². The first kappa shape index (κ1) is 24.8. The third-order valence-electron chi connectivity index (χ3n) is 5.91. The van der Waals surface area contributed by atoms with E-state index in [9.17, 15) is 22.4 Å². The molecule has 0 spiro atoms. The van der Waals surface area contributed by atoms with Gasteiger partial charge in [-0.25, -0.2) is 13.0 Å². The van der Waals surface area contributed by atoms with Crippen molar-refractivity contribution >= 4 is 39.1 Å². The van der Waals surface area contributed by atoms with Gasteiger partial charge in [-0.1, -0.05) is 44.5 Å². The summed E-state index contributed by atoms with van der Waals surface area (Å²) < 4.78 is 44.4. The summed E-state index contributed by atoms with van der Waals surface area (Å²) in [6.45, 7) is 5.71. The predicted octanol–water partition coefficient (Wildman–Crippen LogP) is 4.20. The SMILES string of the molecule is C[n+]1cccc(F)c1CN1C(=O)c2c(Cl)ccc(NS(=O)(=O)c3ccc(C(C)(C)C)cc3)c2C1=O. The van der Waals surface area contributed by atoms with E-state index in [1.54, 1.807) is 25.4 Å². The van der Waals surface area contributed by atoms with Gasteiger partial charge in [0.1, 0.15) is 13.6 Å². The highest BCUT2D eigenvalue weighted by atomic mass is 35.5. The molecule has 0 saturated heterocycles. The van der Waals surface area contributed by atoms with Gasteiger partial charge in [-0.2, -0.15) is 4.39 Å². The van der Waals surface area contributed by atoms with Crippen LogP contribution < -0.4 is 9.29 Å². The Morgan fingerprint density at radius 2 is 1.63 bits per heavy atom. The normalized spacial score (nSPS) is 13.8. The van der Waals surface area contributed by atoms with Gasteiger partial charge in [0.15, 0.2) is 12.0 Å². The van der Waals surface area contributed by atoms with Crippen LogP contribution in [-0.2, 0) is 29.0 Å². The molecule has 0 fully saturated rings. The first-order valence-corrected chi connectivity index (χ1v) is 12.6. The van der Waals surface area contributed by atoms with Crippen molar-refractivity contribution in [3.05, 3.63) is 88.0 Å². The minimum atomic E-state index is -4.08. The number of benzene rings is 2. The number of carbonyl (C=O) groups excluding carboxylic acids is 2. The number of imide groups is 1. The second-order valence-corrected chi connectivity index (χ2v) is 11.4. The smallest absolute Gasteiger partial charge is 0.264 e. The van der Waals surface area contributed by atoms with Gasteiger partial charge in [0.25, 0.3) is 21.8 Å². The van der Waals surface area contributed by atoms with Crippen molar-refractivity contribution in [3.8, 4) is 0 Å². The topological polar surface area (TPSA) is 87.4 Å². The van der Waals surface area contributed by atoms with E-state index in [0.29, 0.717) is 0 Å². The van der Waals surface area contributed by atoms with Gasteiger partial charge in [0, 0.05) is 6.07 Å². The number of hydrogen-bond acceptors (Lipinski definition) is 4. The second kappa shape index (κ2) is 8.73. The number of sulfonamides is 1. The zero-order valence-corrected chi connectivity index (χ0v) is 21.2. The standard InChI is InChI=1S/C25H23ClFN3O4S/c1-25(2,3)15-7-9-16(10-8-15)35(33,34)28-19-12-11-17(26)21-22(19)24(32)30(23(21)31)14-20-18(27)6-5-13-29(20)4/h5-13H,14H2,1-4H3/p+1. The Labute approximate surface area is 208 Å². The van der Waals surface area contributed by atoms with Gasteiger partial charge < -0.3 is 0 Å². The molecule has 0 atom stereocenters. The van der Waals surface area contributed by atoms with E-state index in [-0.39, 0.29) is 44.4 Å². The maximum absolute atomic E-state index is 14.4. The van der Waals surface area contributed by atoms with Gasteiger partial charge in [-0.05, 0) is 41.3 Å². The van der Waals surface area contributed by atoms with Gasteiger partial charge in [0.05, 0.1) is 26.7 Å². The zero-order valence-electron chi connectivity index (χ0n) is 19.6. The maximum Gasteiger partial charge on any atom is 0.264 e. The average molecular weight is 517 g/mol. The van der Waals surface area contributed by atoms with Crippen LogP contribution in [0.5, 0.6) is 0 Å². The number of aromatic nitrogens is 1. The fraction of sp³-hybridized carbons (Fsp3) is 0.240. The molecule has 35 heavy (non-hydrogen) atoms. The second-order valence-electron chi connectivity index (χ2n) is 9.33. The van der Waals surface area contributed by atoms with E-state index >= 15 is 0 Å². The van der Waals surface area contributed by atoms with Crippen LogP contribution in [-0.4, -0.2) is 25.1 Å². The molecule has 0 bridgehead atoms. The van der Waals surface area contributed by atoms with Crippen molar-refractivity contribution < 1.29 is 27.0 Å². The molecule has 1 N–H and O–H groups in total. The van der Waals surface area contributed by atoms with E-state index in [4.69, 9.17) is 11.6 Å². The number of aryl methyl sites for hydroxylation is 1. The Bertz CT molecular complexity index is 1450. The largest absolute Gasteiger partial charge is 0.279 e. The number of nitrogens with one attached hydrogen (secondary N) is 1. The van der Waals surface area contributed by atoms with Crippen molar-refractivity contribution in [3.63, 3.8) is 0 Å². The number of anilines is 1. The summed E-state index contributed by atoms with van der Waals surface area (Å²) in [6.07, 6.45) is 1.59. The first-order valence-electron chi connectivity index (χ1n) is 10.8. The lowest BCUT2D eigenvalue weighted by molar-refractivity contribution is -0.681. The van der Waals surface area contributed by atoms with Crippen LogP contribution in [0.2, 0.25) is 5.02 Å².